The number of nitro groups is 1. The van der Waals surface area contributed by atoms with Gasteiger partial charge in [-0.3, -0.25) is 14.9 Å². The van der Waals surface area contributed by atoms with E-state index in [1.54, 1.807) is 18.2 Å². The monoisotopic (exact) mass is 359 g/mol. The zero-order valence-corrected chi connectivity index (χ0v) is 14.9. The first kappa shape index (κ1) is 16.9. The highest BCUT2D eigenvalue weighted by Gasteiger charge is 2.31. The van der Waals surface area contributed by atoms with Crippen LogP contribution in [-0.4, -0.2) is 15.8 Å². The summed E-state index contributed by atoms with van der Waals surface area (Å²) in [5.74, 6) is -0.0249. The molecule has 4 rings (SSSR count). The second-order valence-corrected chi connectivity index (χ2v) is 6.81. The Morgan fingerprint density at radius 1 is 1.15 bits per heavy atom. The Bertz CT molecular complexity index is 1130. The Labute approximate surface area is 155 Å². The summed E-state index contributed by atoms with van der Waals surface area (Å²) in [7, 11) is 0. The summed E-state index contributed by atoms with van der Waals surface area (Å²) < 4.78 is 0. The molecular formula is C21H17N3O3. The van der Waals surface area contributed by atoms with E-state index in [-0.39, 0.29) is 11.3 Å². The van der Waals surface area contributed by atoms with E-state index in [4.69, 9.17) is 0 Å². The van der Waals surface area contributed by atoms with Crippen LogP contribution in [0.15, 0.2) is 48.5 Å². The number of hydrogen-bond donors (Lipinski definition) is 1. The van der Waals surface area contributed by atoms with E-state index in [1.165, 1.54) is 11.6 Å². The van der Waals surface area contributed by atoms with E-state index in [0.29, 0.717) is 22.9 Å². The van der Waals surface area contributed by atoms with Crippen molar-refractivity contribution in [2.45, 2.75) is 19.8 Å². The van der Waals surface area contributed by atoms with Crippen molar-refractivity contribution < 1.29 is 9.72 Å². The predicted octanol–water partition coefficient (Wildman–Crippen LogP) is 4.51. The number of pyridine rings is 1. The molecule has 0 aliphatic carbocycles. The average Bonchev–Trinajstić information content (AvgIpc) is 2.97. The summed E-state index contributed by atoms with van der Waals surface area (Å²) in [4.78, 5) is 27.5. The number of rotatable bonds is 3. The number of carbonyl (C=O) groups is 1. The molecule has 134 valence electrons. The summed E-state index contributed by atoms with van der Waals surface area (Å²) >= 11 is 0. The maximum atomic E-state index is 12.2. The molecule has 2 aromatic carbocycles. The molecule has 1 amide bonds. The van der Waals surface area contributed by atoms with Gasteiger partial charge in [0, 0.05) is 17.0 Å². The zero-order valence-electron chi connectivity index (χ0n) is 14.9. The lowest BCUT2D eigenvalue weighted by molar-refractivity contribution is -0.385. The van der Waals surface area contributed by atoms with Gasteiger partial charge in [-0.15, -0.1) is 0 Å². The number of nitro benzene ring substituents is 1. The number of hydrogen-bond acceptors (Lipinski definition) is 4. The van der Waals surface area contributed by atoms with E-state index in [1.807, 2.05) is 18.2 Å². The van der Waals surface area contributed by atoms with Crippen LogP contribution in [0, 0.1) is 10.1 Å². The smallest absolute Gasteiger partial charge is 0.282 e. The third-order valence-corrected chi connectivity index (χ3v) is 4.70. The van der Waals surface area contributed by atoms with Crippen molar-refractivity contribution in [3.8, 4) is 0 Å². The molecule has 0 radical (unpaired) electrons. The summed E-state index contributed by atoms with van der Waals surface area (Å²) in [6.45, 7) is 4.29. The topological polar surface area (TPSA) is 85.1 Å². The van der Waals surface area contributed by atoms with E-state index >= 15 is 0 Å². The first-order chi connectivity index (χ1) is 12.9. The Hall–Kier alpha value is -3.54. The van der Waals surface area contributed by atoms with E-state index < -0.39 is 10.8 Å². The van der Waals surface area contributed by atoms with Crippen molar-refractivity contribution >= 4 is 34.3 Å². The van der Waals surface area contributed by atoms with Crippen LogP contribution in [-0.2, 0) is 0 Å². The molecule has 0 bridgehead atoms. The number of aromatic nitrogens is 1. The maximum Gasteiger partial charge on any atom is 0.282 e. The molecule has 27 heavy (non-hydrogen) atoms. The van der Waals surface area contributed by atoms with Crippen LogP contribution >= 0.6 is 0 Å². The van der Waals surface area contributed by atoms with Gasteiger partial charge in [0.25, 0.3) is 11.6 Å². The quantitative estimate of drug-likeness (QED) is 0.551. The van der Waals surface area contributed by atoms with E-state index in [9.17, 15) is 14.9 Å². The summed E-state index contributed by atoms with van der Waals surface area (Å²) in [6, 6.07) is 14.6. The van der Waals surface area contributed by atoms with Crippen LogP contribution in [0.3, 0.4) is 0 Å². The average molecular weight is 359 g/mol. The standard InChI is InChI=1S/C21H17N3O3/c1-12(2)13-7-9-17-14(10-13)6-8-15(22-17)11-18-16-4-3-5-19(24(26)27)20(16)21(25)23-18/h3-12H,1-2H3,(H,23,25)/b18-11-. The number of carbonyl (C=O) groups excluding carboxylic acids is 1. The number of amides is 1. The van der Waals surface area contributed by atoms with Gasteiger partial charge in [-0.1, -0.05) is 38.1 Å². The molecule has 0 unspecified atom stereocenters. The van der Waals surface area contributed by atoms with Gasteiger partial charge in [0.2, 0.25) is 0 Å². The zero-order chi connectivity index (χ0) is 19.1. The third kappa shape index (κ3) is 2.95. The van der Waals surface area contributed by atoms with Gasteiger partial charge in [0.1, 0.15) is 5.56 Å². The Kier molecular flexibility index (Phi) is 3.96. The van der Waals surface area contributed by atoms with E-state index in [2.05, 4.69) is 36.3 Å². The first-order valence-corrected chi connectivity index (χ1v) is 8.65. The SMILES string of the molecule is CC(C)c1ccc2nc(/C=C3\NC(=O)c4c3cccc4[N+](=O)[O-])ccc2c1. The third-order valence-electron chi connectivity index (χ3n) is 4.70. The molecule has 1 aromatic heterocycles. The molecule has 6 nitrogen and oxygen atoms in total. The minimum absolute atomic E-state index is 0.0936. The fourth-order valence-corrected chi connectivity index (χ4v) is 3.27. The molecule has 3 aromatic rings. The van der Waals surface area contributed by atoms with Crippen molar-refractivity contribution in [1.82, 2.24) is 10.3 Å². The molecule has 0 fully saturated rings. The Morgan fingerprint density at radius 3 is 2.70 bits per heavy atom. The highest BCUT2D eigenvalue weighted by Crippen LogP contribution is 2.32. The molecule has 6 heteroatoms. The summed E-state index contributed by atoms with van der Waals surface area (Å²) in [6.07, 6.45) is 1.74. The highest BCUT2D eigenvalue weighted by molar-refractivity contribution is 6.14. The summed E-state index contributed by atoms with van der Waals surface area (Å²) in [5, 5.41) is 15.0. The molecule has 1 N–H and O–H groups in total. The summed E-state index contributed by atoms with van der Waals surface area (Å²) in [5.41, 5.74) is 3.72. The lowest BCUT2D eigenvalue weighted by atomic mass is 10.0. The minimum atomic E-state index is -0.540. The molecule has 2 heterocycles. The van der Waals surface area contributed by atoms with Crippen LogP contribution in [0.25, 0.3) is 22.7 Å². The largest absolute Gasteiger partial charge is 0.321 e. The molecule has 1 aliphatic heterocycles. The normalized spacial score (nSPS) is 14.6. The fraction of sp³-hybridized carbons (Fsp3) is 0.143. The fourth-order valence-electron chi connectivity index (χ4n) is 3.27. The van der Waals surface area contributed by atoms with Gasteiger partial charge in [0.15, 0.2) is 0 Å². The number of fused-ring (bicyclic) bond motifs is 2. The van der Waals surface area contributed by atoms with Crippen molar-refractivity contribution in [1.29, 1.82) is 0 Å². The predicted molar refractivity (Wildman–Crippen MR) is 104 cm³/mol. The van der Waals surface area contributed by atoms with Gasteiger partial charge in [-0.25, -0.2) is 4.98 Å². The van der Waals surface area contributed by atoms with Gasteiger partial charge in [0.05, 0.1) is 21.8 Å². The lowest BCUT2D eigenvalue weighted by Gasteiger charge is -2.07. The lowest BCUT2D eigenvalue weighted by Crippen LogP contribution is -2.13. The molecule has 0 saturated heterocycles. The molecular weight excluding hydrogens is 342 g/mol. The minimum Gasteiger partial charge on any atom is -0.321 e. The Balaban J connectivity index is 1.77. The molecule has 0 saturated carbocycles. The van der Waals surface area contributed by atoms with Gasteiger partial charge in [-0.2, -0.15) is 0 Å². The van der Waals surface area contributed by atoms with Crippen LogP contribution in [0.2, 0.25) is 0 Å². The highest BCUT2D eigenvalue weighted by atomic mass is 16.6. The molecule has 0 atom stereocenters. The van der Waals surface area contributed by atoms with Gasteiger partial charge < -0.3 is 5.32 Å². The number of nitrogens with zero attached hydrogens (tertiary/aromatic N) is 2. The van der Waals surface area contributed by atoms with Crippen LogP contribution in [0.4, 0.5) is 5.69 Å². The Morgan fingerprint density at radius 2 is 1.96 bits per heavy atom. The van der Waals surface area contributed by atoms with E-state index in [0.717, 1.165) is 10.9 Å². The van der Waals surface area contributed by atoms with Crippen LogP contribution < -0.4 is 5.32 Å². The number of nitrogens with one attached hydrogen (secondary N) is 1. The van der Waals surface area contributed by atoms with Gasteiger partial charge in [-0.05, 0) is 35.8 Å². The van der Waals surface area contributed by atoms with Crippen molar-refractivity contribution in [3.63, 3.8) is 0 Å². The maximum absolute atomic E-state index is 12.2. The van der Waals surface area contributed by atoms with Crippen molar-refractivity contribution in [2.24, 2.45) is 0 Å². The van der Waals surface area contributed by atoms with Crippen molar-refractivity contribution in [2.75, 3.05) is 0 Å². The first-order valence-electron chi connectivity index (χ1n) is 8.65. The second kappa shape index (κ2) is 6.32. The molecule has 0 spiro atoms. The second-order valence-electron chi connectivity index (χ2n) is 6.81. The number of benzene rings is 2. The molecule has 1 aliphatic rings. The van der Waals surface area contributed by atoms with Crippen LogP contribution in [0.5, 0.6) is 0 Å². The van der Waals surface area contributed by atoms with Crippen molar-refractivity contribution in [3.05, 3.63) is 81.0 Å². The van der Waals surface area contributed by atoms with Gasteiger partial charge >= 0.3 is 0 Å². The van der Waals surface area contributed by atoms with Crippen LogP contribution in [0.1, 0.15) is 46.9 Å².